The van der Waals surface area contributed by atoms with Crippen LogP contribution in [-0.4, -0.2) is 12.6 Å². The molecule has 1 aromatic rings. The Hall–Kier alpha value is -0.500. The molecule has 0 heterocycles. The van der Waals surface area contributed by atoms with Crippen LogP contribution in [0.1, 0.15) is 43.7 Å². The van der Waals surface area contributed by atoms with E-state index in [4.69, 9.17) is 0 Å². The Labute approximate surface area is 113 Å². The van der Waals surface area contributed by atoms with Crippen LogP contribution in [0, 0.1) is 6.92 Å². The molecule has 0 atom stereocenters. The summed E-state index contributed by atoms with van der Waals surface area (Å²) in [6.45, 7) is 5.73. The fourth-order valence-corrected chi connectivity index (χ4v) is 2.69. The first-order chi connectivity index (χ1) is 8.26. The zero-order chi connectivity index (χ0) is 12.3. The monoisotopic (exact) mass is 295 g/mol. The third-order valence-electron chi connectivity index (χ3n) is 3.47. The summed E-state index contributed by atoms with van der Waals surface area (Å²) in [5.74, 6) is 0. The molecule has 1 aromatic carbocycles. The first-order valence-corrected chi connectivity index (χ1v) is 7.80. The highest BCUT2D eigenvalue weighted by Crippen LogP contribution is 2.34. The van der Waals surface area contributed by atoms with E-state index in [2.05, 4.69) is 52.9 Å². The number of hydrogen-bond donors (Lipinski definition) is 0. The molecule has 0 unspecified atom stereocenters. The van der Waals surface area contributed by atoms with E-state index in [9.17, 15) is 0 Å². The number of hydrogen-bond acceptors (Lipinski definition) is 1. The average Bonchev–Trinajstić information content (AvgIpc) is 3.15. The Bertz CT molecular complexity index is 371. The summed E-state index contributed by atoms with van der Waals surface area (Å²) < 4.78 is 0. The van der Waals surface area contributed by atoms with E-state index in [0.717, 1.165) is 11.4 Å². The molecule has 1 nitrogen and oxygen atoms in total. The fraction of sp³-hybridized carbons (Fsp3) is 0.600. The highest BCUT2D eigenvalue weighted by molar-refractivity contribution is 9.08. The summed E-state index contributed by atoms with van der Waals surface area (Å²) in [5, 5.41) is 0.951. The molecule has 0 aliphatic heterocycles. The average molecular weight is 296 g/mol. The summed E-state index contributed by atoms with van der Waals surface area (Å²) in [4.78, 5) is 2.62. The van der Waals surface area contributed by atoms with Gasteiger partial charge in [-0.05, 0) is 43.4 Å². The lowest BCUT2D eigenvalue weighted by Crippen LogP contribution is -2.27. The lowest BCUT2D eigenvalue weighted by atomic mass is 10.1. The fourth-order valence-electron chi connectivity index (χ4n) is 2.34. The Morgan fingerprint density at radius 3 is 2.65 bits per heavy atom. The molecular weight excluding hydrogens is 274 g/mol. The summed E-state index contributed by atoms with van der Waals surface area (Å²) in [5.41, 5.74) is 4.24. The molecule has 1 saturated carbocycles. The van der Waals surface area contributed by atoms with Crippen molar-refractivity contribution in [1.82, 2.24) is 0 Å². The lowest BCUT2D eigenvalue weighted by molar-refractivity contribution is 0.711. The molecule has 0 bridgehead atoms. The van der Waals surface area contributed by atoms with E-state index in [0.29, 0.717) is 0 Å². The van der Waals surface area contributed by atoms with Gasteiger partial charge in [-0.25, -0.2) is 0 Å². The molecule has 0 radical (unpaired) electrons. The minimum absolute atomic E-state index is 0.815. The molecule has 0 aromatic heterocycles. The third-order valence-corrected chi connectivity index (χ3v) is 4.11. The third kappa shape index (κ3) is 3.25. The van der Waals surface area contributed by atoms with E-state index in [-0.39, 0.29) is 0 Å². The van der Waals surface area contributed by atoms with Crippen molar-refractivity contribution >= 4 is 21.6 Å². The molecule has 2 rings (SSSR count). The molecule has 1 fully saturated rings. The minimum atomic E-state index is 0.815. The van der Waals surface area contributed by atoms with Crippen LogP contribution in [0.3, 0.4) is 0 Å². The topological polar surface area (TPSA) is 3.24 Å². The Morgan fingerprint density at radius 2 is 2.12 bits per heavy atom. The van der Waals surface area contributed by atoms with E-state index in [1.807, 2.05) is 0 Å². The van der Waals surface area contributed by atoms with Crippen LogP contribution in [0.5, 0.6) is 0 Å². The molecule has 0 saturated heterocycles. The maximum atomic E-state index is 3.52. The molecule has 1 aliphatic rings. The van der Waals surface area contributed by atoms with Gasteiger partial charge in [0.2, 0.25) is 0 Å². The number of halogens is 1. The van der Waals surface area contributed by atoms with Gasteiger partial charge in [0.1, 0.15) is 0 Å². The largest absolute Gasteiger partial charge is 0.368 e. The van der Waals surface area contributed by atoms with Gasteiger partial charge in [0, 0.05) is 23.6 Å². The van der Waals surface area contributed by atoms with Gasteiger partial charge < -0.3 is 4.90 Å². The second-order valence-electron chi connectivity index (χ2n) is 5.03. The quantitative estimate of drug-likeness (QED) is 0.690. The number of unbranched alkanes of at least 4 members (excludes halogenated alkanes) is 1. The van der Waals surface area contributed by atoms with Crippen LogP contribution >= 0.6 is 15.9 Å². The Morgan fingerprint density at radius 1 is 1.35 bits per heavy atom. The SMILES string of the molecule is CCCCN(c1ccc(CBr)cc1C)C1CC1. The molecule has 17 heavy (non-hydrogen) atoms. The van der Waals surface area contributed by atoms with Gasteiger partial charge in [0.05, 0.1) is 0 Å². The molecule has 2 heteroatoms. The number of nitrogens with zero attached hydrogens (tertiary/aromatic N) is 1. The van der Waals surface area contributed by atoms with Crippen LogP contribution in [0.15, 0.2) is 18.2 Å². The molecular formula is C15H22BrN. The van der Waals surface area contributed by atoms with Crippen LogP contribution in [0.25, 0.3) is 0 Å². The van der Waals surface area contributed by atoms with Gasteiger partial charge in [0.25, 0.3) is 0 Å². The van der Waals surface area contributed by atoms with E-state index < -0.39 is 0 Å². The van der Waals surface area contributed by atoms with Gasteiger partial charge in [-0.3, -0.25) is 0 Å². The zero-order valence-corrected chi connectivity index (χ0v) is 12.5. The molecule has 1 aliphatic carbocycles. The van der Waals surface area contributed by atoms with Crippen molar-refractivity contribution in [3.63, 3.8) is 0 Å². The first kappa shape index (κ1) is 12.9. The maximum Gasteiger partial charge on any atom is 0.0398 e. The van der Waals surface area contributed by atoms with Gasteiger partial charge in [-0.1, -0.05) is 41.4 Å². The van der Waals surface area contributed by atoms with Gasteiger partial charge in [-0.2, -0.15) is 0 Å². The maximum absolute atomic E-state index is 3.52. The van der Waals surface area contributed by atoms with E-state index >= 15 is 0 Å². The van der Waals surface area contributed by atoms with Crippen LogP contribution in [0.4, 0.5) is 5.69 Å². The second-order valence-corrected chi connectivity index (χ2v) is 5.59. The molecule has 0 spiro atoms. The van der Waals surface area contributed by atoms with E-state index in [1.165, 1.54) is 49.0 Å². The molecule has 0 N–H and O–H groups in total. The standard InChI is InChI=1S/C15H22BrN/c1-3-4-9-17(14-6-7-14)15-8-5-13(11-16)10-12(15)2/h5,8,10,14H,3-4,6-7,9,11H2,1-2H3. The number of aryl methyl sites for hydroxylation is 1. The van der Waals surface area contributed by atoms with Crippen molar-refractivity contribution in [2.75, 3.05) is 11.4 Å². The van der Waals surface area contributed by atoms with Crippen LogP contribution < -0.4 is 4.90 Å². The van der Waals surface area contributed by atoms with Crippen LogP contribution in [-0.2, 0) is 5.33 Å². The zero-order valence-electron chi connectivity index (χ0n) is 10.9. The highest BCUT2D eigenvalue weighted by atomic mass is 79.9. The van der Waals surface area contributed by atoms with Crippen molar-refractivity contribution < 1.29 is 0 Å². The van der Waals surface area contributed by atoms with Crippen LogP contribution in [0.2, 0.25) is 0 Å². The number of rotatable bonds is 6. The number of anilines is 1. The number of benzene rings is 1. The Kier molecular flexibility index (Phi) is 4.49. The summed E-state index contributed by atoms with van der Waals surface area (Å²) >= 11 is 3.52. The van der Waals surface area contributed by atoms with Crippen molar-refractivity contribution in [3.8, 4) is 0 Å². The summed E-state index contributed by atoms with van der Waals surface area (Å²) in [6.07, 6.45) is 5.34. The Balaban J connectivity index is 2.16. The van der Waals surface area contributed by atoms with Gasteiger partial charge in [-0.15, -0.1) is 0 Å². The summed E-state index contributed by atoms with van der Waals surface area (Å²) in [7, 11) is 0. The van der Waals surface area contributed by atoms with Crippen molar-refractivity contribution in [2.24, 2.45) is 0 Å². The second kappa shape index (κ2) is 5.90. The molecule has 0 amide bonds. The predicted molar refractivity (Wildman–Crippen MR) is 79.1 cm³/mol. The smallest absolute Gasteiger partial charge is 0.0398 e. The van der Waals surface area contributed by atoms with Crippen molar-refractivity contribution in [1.29, 1.82) is 0 Å². The predicted octanol–water partition coefficient (Wildman–Crippen LogP) is 4.66. The number of alkyl halides is 1. The van der Waals surface area contributed by atoms with Gasteiger partial charge >= 0.3 is 0 Å². The first-order valence-electron chi connectivity index (χ1n) is 6.68. The van der Waals surface area contributed by atoms with Crippen molar-refractivity contribution in [3.05, 3.63) is 29.3 Å². The van der Waals surface area contributed by atoms with E-state index in [1.54, 1.807) is 0 Å². The minimum Gasteiger partial charge on any atom is -0.368 e. The highest BCUT2D eigenvalue weighted by Gasteiger charge is 2.29. The van der Waals surface area contributed by atoms with Gasteiger partial charge in [0.15, 0.2) is 0 Å². The summed E-state index contributed by atoms with van der Waals surface area (Å²) in [6, 6.07) is 7.68. The lowest BCUT2D eigenvalue weighted by Gasteiger charge is -2.26. The normalized spacial score (nSPS) is 15.0. The van der Waals surface area contributed by atoms with Crippen molar-refractivity contribution in [2.45, 2.75) is 50.9 Å². The molecule has 94 valence electrons.